The molecule has 1 atom stereocenters. The van der Waals surface area contributed by atoms with Crippen LogP contribution in [-0.4, -0.2) is 30.2 Å². The van der Waals surface area contributed by atoms with Crippen LogP contribution in [0.4, 0.5) is 0 Å². The molecule has 1 N–H and O–H groups in total. The third-order valence-electron chi connectivity index (χ3n) is 3.74. The summed E-state index contributed by atoms with van der Waals surface area (Å²) in [5, 5.41) is 9.38. The van der Waals surface area contributed by atoms with Gasteiger partial charge in [0.15, 0.2) is 0 Å². The van der Waals surface area contributed by atoms with Gasteiger partial charge < -0.3 is 10.0 Å². The third-order valence-corrected chi connectivity index (χ3v) is 3.74. The molecule has 1 unspecified atom stereocenters. The predicted octanol–water partition coefficient (Wildman–Crippen LogP) is 3.34. The average molecular weight is 263 g/mol. The predicted molar refractivity (Wildman–Crippen MR) is 82.2 cm³/mol. The molecule has 1 rings (SSSR count). The molecule has 0 aliphatic carbocycles. The Morgan fingerprint density at radius 2 is 1.68 bits per heavy atom. The Balaban J connectivity index is 2.49. The zero-order chi connectivity index (χ0) is 14.3. The molecule has 0 saturated heterocycles. The summed E-state index contributed by atoms with van der Waals surface area (Å²) < 4.78 is 0. The van der Waals surface area contributed by atoms with E-state index in [4.69, 9.17) is 0 Å². The van der Waals surface area contributed by atoms with E-state index in [2.05, 4.69) is 57.0 Å². The summed E-state index contributed by atoms with van der Waals surface area (Å²) in [5.74, 6) is 0.892. The maximum Gasteiger partial charge on any atom is 0.0473 e. The van der Waals surface area contributed by atoms with Crippen LogP contribution in [0.1, 0.15) is 38.3 Å². The van der Waals surface area contributed by atoms with Gasteiger partial charge in [0.1, 0.15) is 0 Å². The Labute approximate surface area is 118 Å². The molecule has 0 bridgehead atoms. The van der Waals surface area contributed by atoms with Gasteiger partial charge in [-0.25, -0.2) is 0 Å². The van der Waals surface area contributed by atoms with Crippen LogP contribution < -0.4 is 0 Å². The van der Waals surface area contributed by atoms with Crippen molar-refractivity contribution in [2.75, 3.05) is 20.2 Å². The number of hydrogen-bond donors (Lipinski definition) is 1. The fraction of sp³-hybridized carbons (Fsp3) is 0.647. The minimum atomic E-state index is 0.275. The number of aliphatic hydroxyl groups excluding tert-OH is 1. The van der Waals surface area contributed by atoms with Crippen LogP contribution in [0.25, 0.3) is 0 Å². The summed E-state index contributed by atoms with van der Waals surface area (Å²) in [5.41, 5.74) is 2.77. The van der Waals surface area contributed by atoms with Gasteiger partial charge in [-0.2, -0.15) is 0 Å². The van der Waals surface area contributed by atoms with Crippen molar-refractivity contribution >= 4 is 0 Å². The van der Waals surface area contributed by atoms with Crippen molar-refractivity contribution < 1.29 is 5.11 Å². The van der Waals surface area contributed by atoms with E-state index in [0.29, 0.717) is 11.8 Å². The quantitative estimate of drug-likeness (QED) is 0.777. The SMILES string of the molecule is CCCc1ccc(CN(C)CC(CO)C(C)C)cc1. The van der Waals surface area contributed by atoms with Crippen molar-refractivity contribution in [3.05, 3.63) is 35.4 Å². The van der Waals surface area contributed by atoms with E-state index in [0.717, 1.165) is 19.5 Å². The molecule has 0 aliphatic heterocycles. The highest BCUT2D eigenvalue weighted by atomic mass is 16.3. The molecule has 108 valence electrons. The lowest BCUT2D eigenvalue weighted by atomic mass is 9.96. The average Bonchev–Trinajstić information content (AvgIpc) is 2.38. The molecule has 1 aromatic carbocycles. The number of nitrogens with zero attached hydrogens (tertiary/aromatic N) is 1. The van der Waals surface area contributed by atoms with Gasteiger partial charge in [0.2, 0.25) is 0 Å². The lowest BCUT2D eigenvalue weighted by molar-refractivity contribution is 0.143. The standard InChI is InChI=1S/C17H29NO/c1-5-6-15-7-9-16(10-8-15)11-18(4)12-17(13-19)14(2)3/h7-10,14,17,19H,5-6,11-13H2,1-4H3. The van der Waals surface area contributed by atoms with Gasteiger partial charge in [-0.1, -0.05) is 51.5 Å². The van der Waals surface area contributed by atoms with Crippen molar-refractivity contribution in [1.29, 1.82) is 0 Å². The molecule has 0 spiro atoms. The van der Waals surface area contributed by atoms with Gasteiger partial charge in [0.05, 0.1) is 0 Å². The summed E-state index contributed by atoms with van der Waals surface area (Å²) >= 11 is 0. The minimum absolute atomic E-state index is 0.275. The maximum absolute atomic E-state index is 9.38. The minimum Gasteiger partial charge on any atom is -0.396 e. The fourth-order valence-corrected chi connectivity index (χ4v) is 2.36. The number of aryl methyl sites for hydroxylation is 1. The topological polar surface area (TPSA) is 23.5 Å². The Morgan fingerprint density at radius 1 is 1.11 bits per heavy atom. The number of benzene rings is 1. The number of aliphatic hydroxyl groups is 1. The van der Waals surface area contributed by atoms with Gasteiger partial charge in [0.25, 0.3) is 0 Å². The second kappa shape index (κ2) is 8.34. The Hall–Kier alpha value is -0.860. The van der Waals surface area contributed by atoms with Crippen molar-refractivity contribution in [2.45, 2.75) is 40.2 Å². The van der Waals surface area contributed by atoms with E-state index in [1.54, 1.807) is 0 Å². The molecule has 1 aromatic rings. The van der Waals surface area contributed by atoms with Crippen LogP contribution in [0.2, 0.25) is 0 Å². The lowest BCUT2D eigenvalue weighted by Gasteiger charge is -2.25. The Kier molecular flexibility index (Phi) is 7.11. The Morgan fingerprint density at radius 3 is 2.16 bits per heavy atom. The highest BCUT2D eigenvalue weighted by Crippen LogP contribution is 2.14. The van der Waals surface area contributed by atoms with Gasteiger partial charge in [-0.15, -0.1) is 0 Å². The molecule has 0 fully saturated rings. The second-order valence-electron chi connectivity index (χ2n) is 5.95. The smallest absolute Gasteiger partial charge is 0.0473 e. The highest BCUT2D eigenvalue weighted by Gasteiger charge is 2.14. The zero-order valence-electron chi connectivity index (χ0n) is 12.9. The van der Waals surface area contributed by atoms with Crippen molar-refractivity contribution in [1.82, 2.24) is 4.90 Å². The molecule has 0 radical (unpaired) electrons. The molecule has 0 heterocycles. The van der Waals surface area contributed by atoms with Crippen molar-refractivity contribution in [2.24, 2.45) is 11.8 Å². The third kappa shape index (κ3) is 5.75. The molecular formula is C17H29NO. The van der Waals surface area contributed by atoms with Crippen LogP contribution in [0.5, 0.6) is 0 Å². The molecule has 2 nitrogen and oxygen atoms in total. The first-order valence-corrected chi connectivity index (χ1v) is 7.44. The van der Waals surface area contributed by atoms with Gasteiger partial charge in [-0.05, 0) is 36.4 Å². The highest BCUT2D eigenvalue weighted by molar-refractivity contribution is 5.22. The maximum atomic E-state index is 9.38. The van der Waals surface area contributed by atoms with E-state index in [-0.39, 0.29) is 6.61 Å². The molecule has 19 heavy (non-hydrogen) atoms. The molecule has 0 amide bonds. The monoisotopic (exact) mass is 263 g/mol. The first-order chi connectivity index (χ1) is 9.06. The van der Waals surface area contributed by atoms with Crippen LogP contribution >= 0.6 is 0 Å². The number of hydrogen-bond acceptors (Lipinski definition) is 2. The van der Waals surface area contributed by atoms with Crippen LogP contribution in [-0.2, 0) is 13.0 Å². The zero-order valence-corrected chi connectivity index (χ0v) is 12.9. The number of rotatable bonds is 8. The van der Waals surface area contributed by atoms with E-state index in [1.165, 1.54) is 17.5 Å². The van der Waals surface area contributed by atoms with Gasteiger partial charge in [0, 0.05) is 19.7 Å². The second-order valence-corrected chi connectivity index (χ2v) is 5.95. The summed E-state index contributed by atoms with van der Waals surface area (Å²) in [6, 6.07) is 8.92. The molecule has 2 heteroatoms. The summed E-state index contributed by atoms with van der Waals surface area (Å²) in [6.07, 6.45) is 2.36. The molecule has 0 aromatic heterocycles. The van der Waals surface area contributed by atoms with Gasteiger partial charge in [-0.3, -0.25) is 0 Å². The van der Waals surface area contributed by atoms with Gasteiger partial charge >= 0.3 is 0 Å². The lowest BCUT2D eigenvalue weighted by Crippen LogP contribution is -2.30. The summed E-state index contributed by atoms with van der Waals surface area (Å²) in [7, 11) is 2.13. The summed E-state index contributed by atoms with van der Waals surface area (Å²) in [6.45, 7) is 8.74. The molecular weight excluding hydrogens is 234 g/mol. The molecule has 0 aliphatic rings. The van der Waals surface area contributed by atoms with E-state index in [9.17, 15) is 5.11 Å². The van der Waals surface area contributed by atoms with Crippen LogP contribution in [0.15, 0.2) is 24.3 Å². The van der Waals surface area contributed by atoms with Crippen LogP contribution in [0.3, 0.4) is 0 Å². The first-order valence-electron chi connectivity index (χ1n) is 7.44. The van der Waals surface area contributed by atoms with E-state index >= 15 is 0 Å². The summed E-state index contributed by atoms with van der Waals surface area (Å²) in [4.78, 5) is 2.30. The Bertz CT molecular complexity index is 345. The van der Waals surface area contributed by atoms with Crippen molar-refractivity contribution in [3.8, 4) is 0 Å². The van der Waals surface area contributed by atoms with E-state index in [1.807, 2.05) is 0 Å². The van der Waals surface area contributed by atoms with E-state index < -0.39 is 0 Å². The molecule has 0 saturated carbocycles. The fourth-order valence-electron chi connectivity index (χ4n) is 2.36. The normalized spacial score (nSPS) is 13.2. The van der Waals surface area contributed by atoms with Crippen LogP contribution in [0, 0.1) is 11.8 Å². The van der Waals surface area contributed by atoms with Crippen molar-refractivity contribution in [3.63, 3.8) is 0 Å². The largest absolute Gasteiger partial charge is 0.396 e. The first kappa shape index (κ1) is 16.2.